The zero-order chi connectivity index (χ0) is 12.3. The Hall–Kier alpha value is -0.410. The van der Waals surface area contributed by atoms with E-state index in [1.807, 2.05) is 0 Å². The van der Waals surface area contributed by atoms with E-state index in [1.54, 1.807) is 12.1 Å². The van der Waals surface area contributed by atoms with Gasteiger partial charge in [0.1, 0.15) is 5.82 Å². The van der Waals surface area contributed by atoms with Gasteiger partial charge in [-0.1, -0.05) is 29.3 Å². The van der Waals surface area contributed by atoms with Crippen molar-refractivity contribution < 1.29 is 4.39 Å². The van der Waals surface area contributed by atoms with Gasteiger partial charge < -0.3 is 5.32 Å². The minimum atomic E-state index is -0.163. The Bertz CT molecular complexity index is 376. The standard InChI is InChI=1S/C14H19BrFN/c1-2-3-14(10-4-5-10)17-9-11-8-12(16)6-7-13(11)15/h6-8,10,14,17H,2-5,9H2,1H3. The van der Waals surface area contributed by atoms with E-state index < -0.39 is 0 Å². The highest BCUT2D eigenvalue weighted by molar-refractivity contribution is 9.10. The van der Waals surface area contributed by atoms with Crippen molar-refractivity contribution in [3.8, 4) is 0 Å². The van der Waals surface area contributed by atoms with Crippen molar-refractivity contribution in [3.63, 3.8) is 0 Å². The molecule has 0 saturated heterocycles. The lowest BCUT2D eigenvalue weighted by Gasteiger charge is -2.18. The molecule has 0 bridgehead atoms. The summed E-state index contributed by atoms with van der Waals surface area (Å²) in [5.74, 6) is 0.686. The van der Waals surface area contributed by atoms with Crippen LogP contribution in [-0.4, -0.2) is 6.04 Å². The van der Waals surface area contributed by atoms with E-state index in [2.05, 4.69) is 28.2 Å². The molecule has 0 aliphatic heterocycles. The molecular formula is C14H19BrFN. The molecule has 0 aromatic heterocycles. The third kappa shape index (κ3) is 3.78. The maximum atomic E-state index is 13.1. The SMILES string of the molecule is CCCC(NCc1cc(F)ccc1Br)C1CC1. The lowest BCUT2D eigenvalue weighted by Crippen LogP contribution is -2.30. The van der Waals surface area contributed by atoms with Gasteiger partial charge in [0.2, 0.25) is 0 Å². The molecule has 1 N–H and O–H groups in total. The number of benzene rings is 1. The smallest absolute Gasteiger partial charge is 0.123 e. The average molecular weight is 300 g/mol. The molecule has 0 spiro atoms. The Morgan fingerprint density at radius 3 is 2.88 bits per heavy atom. The molecule has 1 aromatic carbocycles. The summed E-state index contributed by atoms with van der Waals surface area (Å²) < 4.78 is 14.1. The largest absolute Gasteiger partial charge is 0.310 e. The summed E-state index contributed by atoms with van der Waals surface area (Å²) in [6.07, 6.45) is 5.13. The van der Waals surface area contributed by atoms with Crippen LogP contribution >= 0.6 is 15.9 Å². The Kier molecular flexibility index (Phi) is 4.57. The minimum Gasteiger partial charge on any atom is -0.310 e. The molecule has 2 rings (SSSR count). The van der Waals surface area contributed by atoms with E-state index in [-0.39, 0.29) is 5.82 Å². The van der Waals surface area contributed by atoms with Crippen molar-refractivity contribution in [3.05, 3.63) is 34.1 Å². The van der Waals surface area contributed by atoms with Gasteiger partial charge in [-0.15, -0.1) is 0 Å². The van der Waals surface area contributed by atoms with Gasteiger partial charge in [0, 0.05) is 17.1 Å². The summed E-state index contributed by atoms with van der Waals surface area (Å²) in [5, 5.41) is 3.57. The van der Waals surface area contributed by atoms with Gasteiger partial charge in [-0.05, 0) is 48.9 Å². The monoisotopic (exact) mass is 299 g/mol. The number of nitrogens with one attached hydrogen (secondary N) is 1. The first-order valence-electron chi connectivity index (χ1n) is 6.38. The highest BCUT2D eigenvalue weighted by atomic mass is 79.9. The summed E-state index contributed by atoms with van der Waals surface area (Å²) in [5.41, 5.74) is 1.01. The van der Waals surface area contributed by atoms with Gasteiger partial charge in [-0.3, -0.25) is 0 Å². The molecule has 94 valence electrons. The van der Waals surface area contributed by atoms with Crippen LogP contribution in [0.1, 0.15) is 38.2 Å². The normalized spacial score (nSPS) is 17.1. The molecule has 1 saturated carbocycles. The van der Waals surface area contributed by atoms with Crippen LogP contribution in [0.2, 0.25) is 0 Å². The van der Waals surface area contributed by atoms with E-state index in [1.165, 1.54) is 31.7 Å². The van der Waals surface area contributed by atoms with Crippen LogP contribution in [0.15, 0.2) is 22.7 Å². The Morgan fingerprint density at radius 1 is 1.47 bits per heavy atom. The Morgan fingerprint density at radius 2 is 2.24 bits per heavy atom. The first-order valence-corrected chi connectivity index (χ1v) is 7.17. The quantitative estimate of drug-likeness (QED) is 0.828. The van der Waals surface area contributed by atoms with Crippen LogP contribution in [-0.2, 0) is 6.54 Å². The first-order chi connectivity index (χ1) is 8.20. The van der Waals surface area contributed by atoms with E-state index in [0.717, 1.165) is 22.5 Å². The second-order valence-corrected chi connectivity index (χ2v) is 5.70. The van der Waals surface area contributed by atoms with Crippen LogP contribution < -0.4 is 5.32 Å². The molecule has 1 atom stereocenters. The molecule has 1 aliphatic carbocycles. The molecule has 1 unspecified atom stereocenters. The lowest BCUT2D eigenvalue weighted by molar-refractivity contribution is 0.429. The first kappa shape index (κ1) is 13.0. The molecule has 1 aliphatic rings. The number of halogens is 2. The number of rotatable bonds is 6. The van der Waals surface area contributed by atoms with Crippen molar-refractivity contribution in [2.24, 2.45) is 5.92 Å². The van der Waals surface area contributed by atoms with Crippen molar-refractivity contribution in [1.82, 2.24) is 5.32 Å². The van der Waals surface area contributed by atoms with Crippen LogP contribution in [0.4, 0.5) is 4.39 Å². The highest BCUT2D eigenvalue weighted by Gasteiger charge is 2.29. The van der Waals surface area contributed by atoms with Gasteiger partial charge in [-0.25, -0.2) is 4.39 Å². The maximum absolute atomic E-state index is 13.1. The molecule has 0 radical (unpaired) electrons. The van der Waals surface area contributed by atoms with Gasteiger partial charge in [0.05, 0.1) is 0 Å². The van der Waals surface area contributed by atoms with Gasteiger partial charge in [-0.2, -0.15) is 0 Å². The third-order valence-electron chi connectivity index (χ3n) is 3.35. The predicted octanol–water partition coefficient (Wildman–Crippen LogP) is 4.26. The lowest BCUT2D eigenvalue weighted by atomic mass is 10.1. The molecule has 1 aromatic rings. The zero-order valence-electron chi connectivity index (χ0n) is 10.2. The second-order valence-electron chi connectivity index (χ2n) is 4.85. The van der Waals surface area contributed by atoms with Crippen LogP contribution in [0, 0.1) is 11.7 Å². The molecule has 0 heterocycles. The van der Waals surface area contributed by atoms with Crippen LogP contribution in [0.3, 0.4) is 0 Å². The zero-order valence-corrected chi connectivity index (χ0v) is 11.8. The third-order valence-corrected chi connectivity index (χ3v) is 4.13. The molecule has 17 heavy (non-hydrogen) atoms. The topological polar surface area (TPSA) is 12.0 Å². The number of hydrogen-bond acceptors (Lipinski definition) is 1. The van der Waals surface area contributed by atoms with E-state index >= 15 is 0 Å². The van der Waals surface area contributed by atoms with Gasteiger partial charge >= 0.3 is 0 Å². The predicted molar refractivity (Wildman–Crippen MR) is 72.4 cm³/mol. The van der Waals surface area contributed by atoms with Gasteiger partial charge in [0.15, 0.2) is 0 Å². The van der Waals surface area contributed by atoms with Crippen molar-refractivity contribution >= 4 is 15.9 Å². The van der Waals surface area contributed by atoms with Crippen molar-refractivity contribution in [1.29, 1.82) is 0 Å². The molecule has 0 amide bonds. The summed E-state index contributed by atoms with van der Waals surface area (Å²) >= 11 is 3.47. The summed E-state index contributed by atoms with van der Waals surface area (Å²) in [6, 6.07) is 5.47. The molecule has 1 nitrogen and oxygen atoms in total. The minimum absolute atomic E-state index is 0.163. The number of hydrogen-bond donors (Lipinski definition) is 1. The fourth-order valence-electron chi connectivity index (χ4n) is 2.23. The summed E-state index contributed by atoms with van der Waals surface area (Å²) in [6.45, 7) is 2.97. The fraction of sp³-hybridized carbons (Fsp3) is 0.571. The van der Waals surface area contributed by atoms with Crippen LogP contribution in [0.5, 0.6) is 0 Å². The van der Waals surface area contributed by atoms with E-state index in [4.69, 9.17) is 0 Å². The molecule has 3 heteroatoms. The fourth-order valence-corrected chi connectivity index (χ4v) is 2.62. The second kappa shape index (κ2) is 5.96. The highest BCUT2D eigenvalue weighted by Crippen LogP contribution is 2.34. The van der Waals surface area contributed by atoms with Crippen molar-refractivity contribution in [2.75, 3.05) is 0 Å². The molecule has 1 fully saturated rings. The van der Waals surface area contributed by atoms with E-state index in [0.29, 0.717) is 6.04 Å². The Labute approximate surface area is 111 Å². The van der Waals surface area contributed by atoms with E-state index in [9.17, 15) is 4.39 Å². The van der Waals surface area contributed by atoms with Crippen molar-refractivity contribution in [2.45, 2.75) is 45.2 Å². The summed E-state index contributed by atoms with van der Waals surface area (Å²) in [7, 11) is 0. The summed E-state index contributed by atoms with van der Waals surface area (Å²) in [4.78, 5) is 0. The Balaban J connectivity index is 1.93. The molecular weight excluding hydrogens is 281 g/mol. The average Bonchev–Trinajstić information content (AvgIpc) is 3.12. The van der Waals surface area contributed by atoms with Gasteiger partial charge in [0.25, 0.3) is 0 Å². The van der Waals surface area contributed by atoms with Crippen LogP contribution in [0.25, 0.3) is 0 Å². The maximum Gasteiger partial charge on any atom is 0.123 e.